The predicted octanol–water partition coefficient (Wildman–Crippen LogP) is 2.41. The average Bonchev–Trinajstić information content (AvgIpc) is 2.65. The number of pyridine rings is 1. The fourth-order valence-electron chi connectivity index (χ4n) is 2.48. The smallest absolute Gasteiger partial charge is 0.254 e. The number of nitrogens with zero attached hydrogens (tertiary/aromatic N) is 3. The average molecular weight is 323 g/mol. The van der Waals surface area contributed by atoms with Crippen molar-refractivity contribution in [3.63, 3.8) is 0 Å². The minimum absolute atomic E-state index is 0.159. The summed E-state index contributed by atoms with van der Waals surface area (Å²) in [6, 6.07) is 12.8. The highest BCUT2D eigenvalue weighted by Crippen LogP contribution is 2.31. The molecule has 1 aromatic heterocycles. The molecule has 0 saturated carbocycles. The Morgan fingerprint density at radius 2 is 2.04 bits per heavy atom. The first-order valence-corrected chi connectivity index (χ1v) is 7.74. The van der Waals surface area contributed by atoms with E-state index in [4.69, 9.17) is 14.7 Å². The minimum atomic E-state index is -0.159. The lowest BCUT2D eigenvalue weighted by Crippen LogP contribution is -2.32. The molecule has 3 rings (SSSR count). The number of nitriles is 1. The van der Waals surface area contributed by atoms with Gasteiger partial charge >= 0.3 is 0 Å². The van der Waals surface area contributed by atoms with E-state index in [9.17, 15) is 4.79 Å². The molecule has 0 N–H and O–H groups in total. The summed E-state index contributed by atoms with van der Waals surface area (Å²) in [6.07, 6.45) is 1.95. The van der Waals surface area contributed by atoms with Gasteiger partial charge in [-0.05, 0) is 30.3 Å². The summed E-state index contributed by atoms with van der Waals surface area (Å²) < 4.78 is 11.0. The first kappa shape index (κ1) is 15.8. The topological polar surface area (TPSA) is 75.5 Å². The standard InChI is InChI=1S/C18H17N3O3/c19-7-3-9-21(13-15-4-1-2-8-20-15)18(22)14-5-6-16-17(12-14)24-11-10-23-16/h1-2,4-6,8,12H,3,9-11,13H2. The molecule has 24 heavy (non-hydrogen) atoms. The molecule has 0 spiro atoms. The molecule has 0 radical (unpaired) electrons. The van der Waals surface area contributed by atoms with Gasteiger partial charge in [-0.1, -0.05) is 6.07 Å². The first-order valence-electron chi connectivity index (χ1n) is 7.74. The van der Waals surface area contributed by atoms with Crippen LogP contribution in [0.5, 0.6) is 11.5 Å². The SMILES string of the molecule is N#CCCN(Cc1ccccn1)C(=O)c1ccc2c(c1)OCCO2. The lowest BCUT2D eigenvalue weighted by Gasteiger charge is -2.23. The number of aromatic nitrogens is 1. The summed E-state index contributed by atoms with van der Waals surface area (Å²) in [5, 5.41) is 8.85. The molecule has 1 aliphatic heterocycles. The number of benzene rings is 1. The van der Waals surface area contributed by atoms with Crippen LogP contribution in [0, 0.1) is 11.3 Å². The Labute approximate surface area is 140 Å². The normalized spacial score (nSPS) is 12.3. The third-order valence-corrected chi connectivity index (χ3v) is 3.65. The number of hydrogen-bond acceptors (Lipinski definition) is 5. The Kier molecular flexibility index (Phi) is 4.92. The molecule has 2 aromatic rings. The van der Waals surface area contributed by atoms with Gasteiger partial charge in [-0.25, -0.2) is 0 Å². The maximum Gasteiger partial charge on any atom is 0.254 e. The van der Waals surface area contributed by atoms with Crippen molar-refractivity contribution in [2.45, 2.75) is 13.0 Å². The second kappa shape index (κ2) is 7.47. The maximum atomic E-state index is 12.8. The van der Waals surface area contributed by atoms with Gasteiger partial charge < -0.3 is 14.4 Å². The van der Waals surface area contributed by atoms with Crippen molar-refractivity contribution in [1.29, 1.82) is 5.26 Å². The van der Waals surface area contributed by atoms with Gasteiger partial charge in [0.05, 0.1) is 24.7 Å². The summed E-state index contributed by atoms with van der Waals surface area (Å²) in [6.45, 7) is 1.68. The monoisotopic (exact) mass is 323 g/mol. The number of carbonyl (C=O) groups excluding carboxylic acids is 1. The van der Waals surface area contributed by atoms with Crippen LogP contribution in [-0.2, 0) is 6.54 Å². The molecule has 6 nitrogen and oxygen atoms in total. The van der Waals surface area contributed by atoms with Crippen molar-refractivity contribution in [2.75, 3.05) is 19.8 Å². The molecule has 1 amide bonds. The summed E-state index contributed by atoms with van der Waals surface area (Å²) in [5.74, 6) is 1.06. The Morgan fingerprint density at radius 3 is 2.79 bits per heavy atom. The molecule has 0 bridgehead atoms. The summed E-state index contributed by atoms with van der Waals surface area (Å²) >= 11 is 0. The van der Waals surface area contributed by atoms with E-state index >= 15 is 0 Å². The van der Waals surface area contributed by atoms with Crippen LogP contribution in [0.3, 0.4) is 0 Å². The number of fused-ring (bicyclic) bond motifs is 1. The van der Waals surface area contributed by atoms with Gasteiger partial charge in [0.15, 0.2) is 11.5 Å². The second-order valence-corrected chi connectivity index (χ2v) is 5.31. The zero-order valence-corrected chi connectivity index (χ0v) is 13.1. The van der Waals surface area contributed by atoms with Crippen molar-refractivity contribution >= 4 is 5.91 Å². The highest BCUT2D eigenvalue weighted by Gasteiger charge is 2.20. The van der Waals surface area contributed by atoms with E-state index in [0.29, 0.717) is 43.4 Å². The van der Waals surface area contributed by atoms with Crippen LogP contribution in [0.15, 0.2) is 42.6 Å². The van der Waals surface area contributed by atoms with Crippen LogP contribution in [0.25, 0.3) is 0 Å². The summed E-state index contributed by atoms with van der Waals surface area (Å²) in [4.78, 5) is 18.7. The largest absolute Gasteiger partial charge is 0.486 e. The number of amides is 1. The van der Waals surface area contributed by atoms with Crippen molar-refractivity contribution in [1.82, 2.24) is 9.88 Å². The van der Waals surface area contributed by atoms with Crippen LogP contribution in [-0.4, -0.2) is 35.5 Å². The number of rotatable bonds is 5. The van der Waals surface area contributed by atoms with E-state index in [1.807, 2.05) is 18.2 Å². The third-order valence-electron chi connectivity index (χ3n) is 3.65. The van der Waals surface area contributed by atoms with Crippen LogP contribution in [0.4, 0.5) is 0 Å². The van der Waals surface area contributed by atoms with Crippen molar-refractivity contribution in [3.05, 3.63) is 53.9 Å². The zero-order chi connectivity index (χ0) is 16.8. The molecule has 122 valence electrons. The Morgan fingerprint density at radius 1 is 1.21 bits per heavy atom. The quantitative estimate of drug-likeness (QED) is 0.844. The van der Waals surface area contributed by atoms with E-state index in [0.717, 1.165) is 5.69 Å². The number of carbonyl (C=O) groups is 1. The van der Waals surface area contributed by atoms with Crippen molar-refractivity contribution in [2.24, 2.45) is 0 Å². The molecule has 0 unspecified atom stereocenters. The fourth-order valence-corrected chi connectivity index (χ4v) is 2.48. The second-order valence-electron chi connectivity index (χ2n) is 5.31. The molecule has 0 atom stereocenters. The fraction of sp³-hybridized carbons (Fsp3) is 0.278. The van der Waals surface area contributed by atoms with E-state index in [1.54, 1.807) is 29.3 Å². The van der Waals surface area contributed by atoms with E-state index in [2.05, 4.69) is 11.1 Å². The molecule has 1 aliphatic rings. The van der Waals surface area contributed by atoms with Gasteiger partial charge in [-0.2, -0.15) is 5.26 Å². The van der Waals surface area contributed by atoms with E-state index < -0.39 is 0 Å². The molecule has 1 aromatic carbocycles. The summed E-state index contributed by atoms with van der Waals surface area (Å²) in [5.41, 5.74) is 1.29. The van der Waals surface area contributed by atoms with Gasteiger partial charge in [-0.3, -0.25) is 9.78 Å². The van der Waals surface area contributed by atoms with Crippen LogP contribution >= 0.6 is 0 Å². The molecule has 0 fully saturated rings. The highest BCUT2D eigenvalue weighted by atomic mass is 16.6. The zero-order valence-electron chi connectivity index (χ0n) is 13.1. The van der Waals surface area contributed by atoms with Crippen molar-refractivity contribution in [3.8, 4) is 17.6 Å². The summed E-state index contributed by atoms with van der Waals surface area (Å²) in [7, 11) is 0. The Balaban J connectivity index is 1.81. The van der Waals surface area contributed by atoms with Crippen LogP contribution < -0.4 is 9.47 Å². The van der Waals surface area contributed by atoms with Crippen molar-refractivity contribution < 1.29 is 14.3 Å². The predicted molar refractivity (Wildman–Crippen MR) is 86.6 cm³/mol. The van der Waals surface area contributed by atoms with E-state index in [-0.39, 0.29) is 12.3 Å². The van der Waals surface area contributed by atoms with E-state index in [1.165, 1.54) is 0 Å². The molecular weight excluding hydrogens is 306 g/mol. The molecule has 0 saturated heterocycles. The van der Waals surface area contributed by atoms with Gasteiger partial charge in [0.1, 0.15) is 13.2 Å². The minimum Gasteiger partial charge on any atom is -0.486 e. The highest BCUT2D eigenvalue weighted by molar-refractivity contribution is 5.95. The molecule has 0 aliphatic carbocycles. The third kappa shape index (κ3) is 3.63. The van der Waals surface area contributed by atoms with Gasteiger partial charge in [0, 0.05) is 18.3 Å². The van der Waals surface area contributed by atoms with Gasteiger partial charge in [0.25, 0.3) is 5.91 Å². The first-order chi connectivity index (χ1) is 11.8. The Bertz CT molecular complexity index is 756. The maximum absolute atomic E-state index is 12.8. The Hall–Kier alpha value is -3.07. The molecule has 2 heterocycles. The molecule has 6 heteroatoms. The number of ether oxygens (including phenoxy) is 2. The number of hydrogen-bond donors (Lipinski definition) is 0. The van der Waals surface area contributed by atoms with Crippen LogP contribution in [0.1, 0.15) is 22.5 Å². The lowest BCUT2D eigenvalue weighted by atomic mass is 10.1. The lowest BCUT2D eigenvalue weighted by molar-refractivity contribution is 0.0743. The van der Waals surface area contributed by atoms with Crippen LogP contribution in [0.2, 0.25) is 0 Å². The molecular formula is C18H17N3O3. The van der Waals surface area contributed by atoms with Gasteiger partial charge in [0.2, 0.25) is 0 Å². The van der Waals surface area contributed by atoms with Gasteiger partial charge in [-0.15, -0.1) is 0 Å².